The number of hydrogen-bond acceptors (Lipinski definition) is 5. The van der Waals surface area contributed by atoms with Crippen LogP contribution in [0.1, 0.15) is 33.1 Å². The summed E-state index contributed by atoms with van der Waals surface area (Å²) in [6.45, 7) is 7.62. The van der Waals surface area contributed by atoms with Gasteiger partial charge in [-0.2, -0.15) is 0 Å². The number of carbonyl (C=O) groups is 3. The van der Waals surface area contributed by atoms with Gasteiger partial charge in [-0.25, -0.2) is 0 Å². The van der Waals surface area contributed by atoms with E-state index >= 15 is 0 Å². The van der Waals surface area contributed by atoms with Crippen molar-refractivity contribution in [3.63, 3.8) is 0 Å². The Kier molecular flexibility index (Phi) is 6.58. The van der Waals surface area contributed by atoms with Gasteiger partial charge in [0.25, 0.3) is 5.91 Å². The molecule has 2 aromatic rings. The van der Waals surface area contributed by atoms with Crippen LogP contribution >= 0.6 is 0 Å². The van der Waals surface area contributed by atoms with E-state index in [1.165, 1.54) is 4.90 Å². The van der Waals surface area contributed by atoms with Crippen LogP contribution in [0.5, 0.6) is 0 Å². The molecule has 8 nitrogen and oxygen atoms in total. The fourth-order valence-electron chi connectivity index (χ4n) is 6.77. The van der Waals surface area contributed by atoms with Crippen molar-refractivity contribution in [2.24, 2.45) is 17.8 Å². The van der Waals surface area contributed by atoms with Crippen molar-refractivity contribution in [2.45, 2.75) is 56.9 Å². The van der Waals surface area contributed by atoms with Crippen molar-refractivity contribution < 1.29 is 29.3 Å². The van der Waals surface area contributed by atoms with Gasteiger partial charge in [0, 0.05) is 12.2 Å². The number of hydrogen-bond donors (Lipinski definition) is 2. The molecule has 3 heterocycles. The first-order valence-corrected chi connectivity index (χ1v) is 13.0. The van der Waals surface area contributed by atoms with E-state index < -0.39 is 47.5 Å². The monoisotopic (exact) mass is 506 g/mol. The molecular formula is C29H34N2O6. The van der Waals surface area contributed by atoms with Crippen LogP contribution in [0.3, 0.4) is 0 Å². The number of carboxylic acid groups (broad SMARTS) is 1. The standard InChI is InChI=1S/C29H34N2O6/c1-4-14-30(20-11-10-18-8-6-7-9-19(18)15-20)27(34)25-29-13-12-22(37-29)23(28(35)36)24(29)26(33)31(25)21(16-32)17(3)5-2/h4,6-11,15,17,21-25,32H,1,5,12-14,16H2,2-3H3,(H,35,36)/t17-,21-,22-,23+,24+,25-,29+/m0/s1. The molecule has 2 amide bonds. The second-order valence-corrected chi connectivity index (χ2v) is 10.5. The molecule has 2 N–H and O–H groups in total. The van der Waals surface area contributed by atoms with E-state index in [0.717, 1.165) is 10.8 Å². The lowest BCUT2D eigenvalue weighted by molar-refractivity contribution is -0.151. The Hall–Kier alpha value is -3.23. The zero-order chi connectivity index (χ0) is 26.5. The van der Waals surface area contributed by atoms with Crippen molar-refractivity contribution >= 4 is 34.2 Å². The van der Waals surface area contributed by atoms with Crippen LogP contribution in [0.4, 0.5) is 5.69 Å². The van der Waals surface area contributed by atoms with Gasteiger partial charge in [-0.1, -0.05) is 56.7 Å². The number of nitrogens with zero attached hydrogens (tertiary/aromatic N) is 2. The van der Waals surface area contributed by atoms with Crippen LogP contribution in [0.15, 0.2) is 55.1 Å². The Labute approximate surface area is 216 Å². The molecule has 5 rings (SSSR count). The average Bonchev–Trinajstić information content (AvgIpc) is 3.54. The number of anilines is 1. The van der Waals surface area contributed by atoms with E-state index in [-0.39, 0.29) is 25.0 Å². The Bertz CT molecular complexity index is 1250. The van der Waals surface area contributed by atoms with Crippen LogP contribution in [0.25, 0.3) is 10.8 Å². The highest BCUT2D eigenvalue weighted by Gasteiger charge is 2.75. The zero-order valence-electron chi connectivity index (χ0n) is 21.2. The maximum atomic E-state index is 14.5. The fourth-order valence-corrected chi connectivity index (χ4v) is 6.77. The van der Waals surface area contributed by atoms with Crippen molar-refractivity contribution in [3.05, 3.63) is 55.1 Å². The van der Waals surface area contributed by atoms with Gasteiger partial charge in [0.2, 0.25) is 5.91 Å². The number of likely N-dealkylation sites (tertiary alicyclic amines) is 1. The van der Waals surface area contributed by atoms with Crippen molar-refractivity contribution in [3.8, 4) is 0 Å². The van der Waals surface area contributed by atoms with E-state index in [4.69, 9.17) is 4.74 Å². The molecule has 0 aromatic heterocycles. The zero-order valence-corrected chi connectivity index (χ0v) is 21.2. The second-order valence-electron chi connectivity index (χ2n) is 10.5. The summed E-state index contributed by atoms with van der Waals surface area (Å²) in [4.78, 5) is 43.9. The molecule has 2 aromatic carbocycles. The molecule has 0 aliphatic carbocycles. The summed E-state index contributed by atoms with van der Waals surface area (Å²) in [6.07, 6.45) is 2.61. The minimum absolute atomic E-state index is 0.103. The lowest BCUT2D eigenvalue weighted by atomic mass is 9.70. The van der Waals surface area contributed by atoms with Gasteiger partial charge >= 0.3 is 5.97 Å². The van der Waals surface area contributed by atoms with Gasteiger partial charge in [-0.15, -0.1) is 6.58 Å². The topological polar surface area (TPSA) is 107 Å². The van der Waals surface area contributed by atoms with E-state index in [1.54, 1.807) is 11.0 Å². The molecule has 0 radical (unpaired) electrons. The number of carbonyl (C=O) groups excluding carboxylic acids is 2. The number of fused-ring (bicyclic) bond motifs is 2. The number of aliphatic carboxylic acids is 1. The smallest absolute Gasteiger partial charge is 0.310 e. The number of carboxylic acids is 1. The van der Waals surface area contributed by atoms with Crippen molar-refractivity contribution in [1.29, 1.82) is 0 Å². The Morgan fingerprint density at radius 3 is 2.65 bits per heavy atom. The van der Waals surface area contributed by atoms with E-state index in [0.29, 0.717) is 24.9 Å². The van der Waals surface area contributed by atoms with Gasteiger partial charge < -0.3 is 24.7 Å². The largest absolute Gasteiger partial charge is 0.481 e. The first kappa shape index (κ1) is 25.4. The summed E-state index contributed by atoms with van der Waals surface area (Å²) < 4.78 is 6.34. The second kappa shape index (κ2) is 9.58. The molecule has 8 heteroatoms. The predicted octanol–water partition coefficient (Wildman–Crippen LogP) is 3.23. The summed E-state index contributed by atoms with van der Waals surface area (Å²) in [6, 6.07) is 11.9. The summed E-state index contributed by atoms with van der Waals surface area (Å²) in [5.41, 5.74) is -0.582. The van der Waals surface area contributed by atoms with E-state index in [1.807, 2.05) is 56.3 Å². The third kappa shape index (κ3) is 3.77. The SMILES string of the molecule is C=CCN(C(=O)[C@@H]1N([C@@H](CO)[C@@H](C)CC)C(=O)[C@H]2[C@H](C(=O)O)[C@@H]3CC[C@]12O3)c1ccc2ccccc2c1. The highest BCUT2D eigenvalue weighted by Crippen LogP contribution is 2.59. The molecular weight excluding hydrogens is 472 g/mol. The Morgan fingerprint density at radius 2 is 2.00 bits per heavy atom. The Balaban J connectivity index is 1.63. The molecule has 37 heavy (non-hydrogen) atoms. The van der Waals surface area contributed by atoms with Crippen LogP contribution in [0, 0.1) is 17.8 Å². The van der Waals surface area contributed by atoms with Crippen molar-refractivity contribution in [2.75, 3.05) is 18.1 Å². The van der Waals surface area contributed by atoms with Gasteiger partial charge in [-0.3, -0.25) is 14.4 Å². The Morgan fingerprint density at radius 1 is 1.27 bits per heavy atom. The molecule has 2 bridgehead atoms. The van der Waals surface area contributed by atoms with E-state index in [9.17, 15) is 24.6 Å². The normalized spacial score (nSPS) is 29.8. The average molecular weight is 507 g/mol. The third-order valence-corrected chi connectivity index (χ3v) is 8.72. The number of ether oxygens (including phenoxy) is 1. The highest BCUT2D eigenvalue weighted by molar-refractivity contribution is 6.05. The molecule has 1 spiro atoms. The molecule has 0 unspecified atom stereocenters. The van der Waals surface area contributed by atoms with Crippen LogP contribution in [-0.4, -0.2) is 69.8 Å². The minimum Gasteiger partial charge on any atom is -0.481 e. The van der Waals surface area contributed by atoms with E-state index in [2.05, 4.69) is 6.58 Å². The lowest BCUT2D eigenvalue weighted by Gasteiger charge is -2.41. The quantitative estimate of drug-likeness (QED) is 0.506. The lowest BCUT2D eigenvalue weighted by Crippen LogP contribution is -2.60. The number of rotatable bonds is 9. The number of aliphatic hydroxyl groups excluding tert-OH is 1. The molecule has 3 saturated heterocycles. The minimum atomic E-state index is -1.24. The molecule has 3 aliphatic heterocycles. The third-order valence-electron chi connectivity index (χ3n) is 8.72. The maximum Gasteiger partial charge on any atom is 0.310 e. The van der Waals surface area contributed by atoms with Gasteiger partial charge in [0.15, 0.2) is 0 Å². The fraction of sp³-hybridized carbons (Fsp3) is 0.483. The summed E-state index contributed by atoms with van der Waals surface area (Å²) >= 11 is 0. The number of aliphatic hydroxyl groups is 1. The molecule has 3 fully saturated rings. The first-order valence-electron chi connectivity index (χ1n) is 13.0. The van der Waals surface area contributed by atoms with Gasteiger partial charge in [0.1, 0.15) is 11.6 Å². The predicted molar refractivity (Wildman–Crippen MR) is 139 cm³/mol. The van der Waals surface area contributed by atoms with Crippen LogP contribution in [-0.2, 0) is 19.1 Å². The molecule has 0 saturated carbocycles. The van der Waals surface area contributed by atoms with Crippen LogP contribution < -0.4 is 4.90 Å². The molecule has 7 atom stereocenters. The van der Waals surface area contributed by atoms with Crippen molar-refractivity contribution in [1.82, 2.24) is 4.90 Å². The summed E-state index contributed by atoms with van der Waals surface area (Å²) in [5.74, 6) is -3.92. The number of amides is 2. The summed E-state index contributed by atoms with van der Waals surface area (Å²) in [5, 5.41) is 22.4. The van der Waals surface area contributed by atoms with Gasteiger partial charge in [0.05, 0.1) is 30.6 Å². The maximum absolute atomic E-state index is 14.5. The first-order chi connectivity index (χ1) is 17.8. The highest BCUT2D eigenvalue weighted by atomic mass is 16.5. The molecule has 196 valence electrons. The molecule has 3 aliphatic rings. The summed E-state index contributed by atoms with van der Waals surface area (Å²) in [7, 11) is 0. The number of benzene rings is 2. The van der Waals surface area contributed by atoms with Gasteiger partial charge in [-0.05, 0) is 41.7 Å². The van der Waals surface area contributed by atoms with Crippen LogP contribution in [0.2, 0.25) is 0 Å².